The van der Waals surface area contributed by atoms with Gasteiger partial charge in [0.15, 0.2) is 0 Å². The first-order valence-corrected chi connectivity index (χ1v) is 10.8. The Morgan fingerprint density at radius 1 is 1.15 bits per heavy atom. The van der Waals surface area contributed by atoms with Gasteiger partial charge in [0.1, 0.15) is 29.1 Å². The zero-order valence-electron chi connectivity index (χ0n) is 18.2. The van der Waals surface area contributed by atoms with Gasteiger partial charge in [0.2, 0.25) is 0 Å². The summed E-state index contributed by atoms with van der Waals surface area (Å²) in [5.74, 6) is -1.00. The minimum Gasteiger partial charge on any atom is -0.487 e. The minimum atomic E-state index is -4.67. The molecule has 8 nitrogen and oxygen atoms in total. The van der Waals surface area contributed by atoms with Crippen molar-refractivity contribution in [1.82, 2.24) is 19.6 Å². The van der Waals surface area contributed by atoms with Gasteiger partial charge in [-0.25, -0.2) is 4.39 Å². The third kappa shape index (κ3) is 4.31. The zero-order chi connectivity index (χ0) is 24.0. The van der Waals surface area contributed by atoms with Crippen molar-refractivity contribution < 1.29 is 27.1 Å². The van der Waals surface area contributed by atoms with Crippen LogP contribution in [0.5, 0.6) is 5.75 Å². The van der Waals surface area contributed by atoms with Crippen LogP contribution in [0.1, 0.15) is 41.2 Å². The Labute approximate surface area is 192 Å². The molecule has 1 saturated heterocycles. The number of amides is 1. The summed E-state index contributed by atoms with van der Waals surface area (Å²) in [4.78, 5) is 14.7. The molecule has 1 aromatic carbocycles. The van der Waals surface area contributed by atoms with Gasteiger partial charge in [-0.15, -0.1) is 0 Å². The third-order valence-corrected chi connectivity index (χ3v) is 6.11. The summed E-state index contributed by atoms with van der Waals surface area (Å²) < 4.78 is 61.4. The number of hydrogen-bond donors (Lipinski definition) is 1. The lowest BCUT2D eigenvalue weighted by atomic mass is 9.93. The van der Waals surface area contributed by atoms with Crippen molar-refractivity contribution >= 4 is 17.4 Å². The van der Waals surface area contributed by atoms with E-state index in [1.54, 1.807) is 24.1 Å². The second-order valence-electron chi connectivity index (χ2n) is 8.57. The maximum absolute atomic E-state index is 13.6. The van der Waals surface area contributed by atoms with Crippen molar-refractivity contribution in [2.75, 3.05) is 23.3 Å². The molecule has 34 heavy (non-hydrogen) atoms. The van der Waals surface area contributed by atoms with Crippen LogP contribution in [0.25, 0.3) is 0 Å². The Kier molecular flexibility index (Phi) is 5.45. The molecule has 1 saturated carbocycles. The molecule has 12 heteroatoms. The summed E-state index contributed by atoms with van der Waals surface area (Å²) in [7, 11) is 1.69. The third-order valence-electron chi connectivity index (χ3n) is 6.11. The standard InChI is InChI=1S/C22H22F4N6O2/c1-30-21(19(9-27-30)20(33)29-15-8-28-32(10-15)16-3-2-4-16)31-11-18(12-31)34-17-6-13(22(24,25)26)5-14(23)7-17/h5-10,16,18H,2-4,11-12H2,1H3,(H,29,33). The average Bonchev–Trinajstić information content (AvgIpc) is 3.28. The van der Waals surface area contributed by atoms with E-state index in [1.165, 1.54) is 12.6 Å². The predicted octanol–water partition coefficient (Wildman–Crippen LogP) is 4.02. The summed E-state index contributed by atoms with van der Waals surface area (Å²) >= 11 is 0. The lowest BCUT2D eigenvalue weighted by molar-refractivity contribution is -0.137. The maximum Gasteiger partial charge on any atom is 0.416 e. The zero-order valence-corrected chi connectivity index (χ0v) is 18.2. The van der Waals surface area contributed by atoms with E-state index in [0.717, 1.165) is 25.0 Å². The highest BCUT2D eigenvalue weighted by Gasteiger charge is 2.35. The SMILES string of the molecule is Cn1ncc(C(=O)Nc2cnn(C3CCC3)c2)c1N1CC(Oc2cc(F)cc(C(F)(F)F)c2)C1. The fraction of sp³-hybridized carbons (Fsp3) is 0.409. The lowest BCUT2D eigenvalue weighted by Gasteiger charge is -2.40. The van der Waals surface area contributed by atoms with E-state index in [-0.39, 0.29) is 11.7 Å². The molecule has 1 aliphatic heterocycles. The molecule has 1 amide bonds. The van der Waals surface area contributed by atoms with Crippen LogP contribution in [0.2, 0.25) is 0 Å². The number of carbonyl (C=O) groups excluding carboxylic acids is 1. The Bertz CT molecular complexity index is 1210. The van der Waals surface area contributed by atoms with E-state index in [1.807, 2.05) is 9.58 Å². The number of aromatic nitrogens is 4. The number of hydrogen-bond acceptors (Lipinski definition) is 5. The average molecular weight is 478 g/mol. The van der Waals surface area contributed by atoms with Gasteiger partial charge in [-0.1, -0.05) is 0 Å². The molecular formula is C22H22F4N6O2. The van der Waals surface area contributed by atoms with Crippen LogP contribution in [-0.4, -0.2) is 44.7 Å². The largest absolute Gasteiger partial charge is 0.487 e. The number of rotatable bonds is 6. The molecule has 3 aromatic rings. The number of nitrogens with one attached hydrogen (secondary N) is 1. The Hall–Kier alpha value is -3.57. The van der Waals surface area contributed by atoms with Gasteiger partial charge in [0.25, 0.3) is 5.91 Å². The van der Waals surface area contributed by atoms with Gasteiger partial charge >= 0.3 is 6.18 Å². The minimum absolute atomic E-state index is 0.191. The number of alkyl halides is 3. The van der Waals surface area contributed by atoms with Crippen molar-refractivity contribution in [3.8, 4) is 5.75 Å². The van der Waals surface area contributed by atoms with Crippen LogP contribution in [0.4, 0.5) is 29.1 Å². The normalized spacial score (nSPS) is 16.8. The first kappa shape index (κ1) is 22.2. The number of carbonyl (C=O) groups is 1. The van der Waals surface area contributed by atoms with Gasteiger partial charge in [0, 0.05) is 19.3 Å². The van der Waals surface area contributed by atoms with Crippen molar-refractivity contribution in [3.63, 3.8) is 0 Å². The van der Waals surface area contributed by atoms with Gasteiger partial charge in [-0.3, -0.25) is 14.2 Å². The second kappa shape index (κ2) is 8.33. The molecular weight excluding hydrogens is 456 g/mol. The first-order chi connectivity index (χ1) is 16.2. The number of anilines is 2. The van der Waals surface area contributed by atoms with E-state index < -0.39 is 23.7 Å². The fourth-order valence-corrected chi connectivity index (χ4v) is 4.09. The molecule has 0 spiro atoms. The monoisotopic (exact) mass is 478 g/mol. The molecule has 2 aliphatic rings. The smallest absolute Gasteiger partial charge is 0.416 e. The molecule has 2 aromatic heterocycles. The summed E-state index contributed by atoms with van der Waals surface area (Å²) in [5.41, 5.74) is -0.171. The Morgan fingerprint density at radius 3 is 2.59 bits per heavy atom. The van der Waals surface area contributed by atoms with E-state index in [0.29, 0.717) is 42.3 Å². The molecule has 1 aliphatic carbocycles. The molecule has 180 valence electrons. The Balaban J connectivity index is 1.23. The fourth-order valence-electron chi connectivity index (χ4n) is 4.09. The van der Waals surface area contributed by atoms with Crippen LogP contribution in [0.15, 0.2) is 36.8 Å². The number of benzene rings is 1. The van der Waals surface area contributed by atoms with E-state index in [4.69, 9.17) is 4.74 Å². The van der Waals surface area contributed by atoms with Crippen LogP contribution < -0.4 is 15.0 Å². The van der Waals surface area contributed by atoms with Gasteiger partial charge in [0.05, 0.1) is 42.8 Å². The van der Waals surface area contributed by atoms with Crippen molar-refractivity contribution in [1.29, 1.82) is 0 Å². The van der Waals surface area contributed by atoms with Crippen molar-refractivity contribution in [2.24, 2.45) is 7.05 Å². The maximum atomic E-state index is 13.6. The lowest BCUT2D eigenvalue weighted by Crippen LogP contribution is -2.55. The number of halogens is 4. The predicted molar refractivity (Wildman–Crippen MR) is 114 cm³/mol. The topological polar surface area (TPSA) is 77.2 Å². The molecule has 5 rings (SSSR count). The molecule has 0 bridgehead atoms. The highest BCUT2D eigenvalue weighted by atomic mass is 19.4. The van der Waals surface area contributed by atoms with Gasteiger partial charge in [-0.2, -0.15) is 23.4 Å². The van der Waals surface area contributed by atoms with Crippen LogP contribution in [-0.2, 0) is 13.2 Å². The van der Waals surface area contributed by atoms with E-state index in [9.17, 15) is 22.4 Å². The molecule has 3 heterocycles. The molecule has 0 atom stereocenters. The van der Waals surface area contributed by atoms with Crippen LogP contribution in [0, 0.1) is 5.82 Å². The summed E-state index contributed by atoms with van der Waals surface area (Å²) in [6.07, 6.45) is 3.06. The highest BCUT2D eigenvalue weighted by molar-refractivity contribution is 6.07. The highest BCUT2D eigenvalue weighted by Crippen LogP contribution is 2.34. The van der Waals surface area contributed by atoms with Gasteiger partial charge in [-0.05, 0) is 31.4 Å². The number of aryl methyl sites for hydroxylation is 1. The molecule has 0 radical (unpaired) electrons. The van der Waals surface area contributed by atoms with Crippen LogP contribution >= 0.6 is 0 Å². The molecule has 0 unspecified atom stereocenters. The molecule has 2 fully saturated rings. The summed E-state index contributed by atoms with van der Waals surface area (Å²) in [6, 6.07) is 2.50. The van der Waals surface area contributed by atoms with E-state index >= 15 is 0 Å². The quantitative estimate of drug-likeness (QED) is 0.542. The summed E-state index contributed by atoms with van der Waals surface area (Å²) in [5, 5.41) is 11.3. The molecule has 1 N–H and O–H groups in total. The van der Waals surface area contributed by atoms with Crippen LogP contribution in [0.3, 0.4) is 0 Å². The number of nitrogens with zero attached hydrogens (tertiary/aromatic N) is 5. The number of ether oxygens (including phenoxy) is 1. The van der Waals surface area contributed by atoms with Crippen molar-refractivity contribution in [2.45, 2.75) is 37.6 Å². The van der Waals surface area contributed by atoms with Crippen molar-refractivity contribution in [3.05, 3.63) is 53.7 Å². The second-order valence-corrected chi connectivity index (χ2v) is 8.57. The van der Waals surface area contributed by atoms with E-state index in [2.05, 4.69) is 15.5 Å². The Morgan fingerprint density at radius 2 is 1.91 bits per heavy atom. The summed E-state index contributed by atoms with van der Waals surface area (Å²) in [6.45, 7) is 0.606. The van der Waals surface area contributed by atoms with Gasteiger partial charge < -0.3 is 15.0 Å². The first-order valence-electron chi connectivity index (χ1n) is 10.8.